The van der Waals surface area contributed by atoms with Crippen molar-refractivity contribution in [3.63, 3.8) is 0 Å². The van der Waals surface area contributed by atoms with Crippen LogP contribution < -0.4 is 5.32 Å². The van der Waals surface area contributed by atoms with Crippen molar-refractivity contribution in [2.24, 2.45) is 0 Å². The molecule has 0 radical (unpaired) electrons. The van der Waals surface area contributed by atoms with Crippen LogP contribution in [0.4, 0.5) is 14.5 Å². The van der Waals surface area contributed by atoms with E-state index in [9.17, 15) is 8.78 Å². The van der Waals surface area contributed by atoms with E-state index in [2.05, 4.69) is 21.2 Å². The Bertz CT molecular complexity index is 534. The van der Waals surface area contributed by atoms with Crippen molar-refractivity contribution in [1.29, 1.82) is 0 Å². The molecule has 2 rings (SSSR count). The standard InChI is InChI=1S/C12H10BrF2NO2/c13-10-3-7(14)4-11(15)12(10)16-5-8-1-2-9(6-17)18-8/h1-4,16-17H,5-6H2. The van der Waals surface area contributed by atoms with Gasteiger partial charge in [0.05, 0.1) is 12.2 Å². The van der Waals surface area contributed by atoms with Crippen LogP contribution in [0.15, 0.2) is 33.2 Å². The number of aliphatic hydroxyl groups excluding tert-OH is 1. The second-order valence-corrected chi connectivity index (χ2v) is 4.48. The molecule has 3 nitrogen and oxygen atoms in total. The number of halogens is 3. The Morgan fingerprint density at radius 2 is 1.94 bits per heavy atom. The minimum Gasteiger partial charge on any atom is -0.462 e. The van der Waals surface area contributed by atoms with Crippen LogP contribution in [0.1, 0.15) is 11.5 Å². The summed E-state index contributed by atoms with van der Waals surface area (Å²) in [4.78, 5) is 0. The highest BCUT2D eigenvalue weighted by atomic mass is 79.9. The first-order valence-electron chi connectivity index (χ1n) is 5.17. The van der Waals surface area contributed by atoms with Crippen LogP contribution >= 0.6 is 15.9 Å². The van der Waals surface area contributed by atoms with Crippen molar-refractivity contribution in [3.8, 4) is 0 Å². The lowest BCUT2D eigenvalue weighted by Crippen LogP contribution is -2.02. The molecule has 0 fully saturated rings. The number of rotatable bonds is 4. The number of hydrogen-bond donors (Lipinski definition) is 2. The minimum atomic E-state index is -0.684. The molecule has 0 amide bonds. The monoisotopic (exact) mass is 317 g/mol. The first-order valence-corrected chi connectivity index (χ1v) is 5.96. The van der Waals surface area contributed by atoms with Crippen molar-refractivity contribution >= 4 is 21.6 Å². The fourth-order valence-electron chi connectivity index (χ4n) is 1.49. The molecular weight excluding hydrogens is 308 g/mol. The van der Waals surface area contributed by atoms with E-state index in [0.717, 1.165) is 6.07 Å². The van der Waals surface area contributed by atoms with Crippen molar-refractivity contribution in [2.45, 2.75) is 13.2 Å². The van der Waals surface area contributed by atoms with Crippen LogP contribution in [-0.2, 0) is 13.2 Å². The zero-order valence-corrected chi connectivity index (χ0v) is 10.8. The fourth-order valence-corrected chi connectivity index (χ4v) is 2.04. The Balaban J connectivity index is 2.10. The molecule has 6 heteroatoms. The molecule has 0 unspecified atom stereocenters. The Labute approximate surface area is 111 Å². The molecule has 0 bridgehead atoms. The zero-order valence-electron chi connectivity index (χ0n) is 9.21. The van der Waals surface area contributed by atoms with E-state index < -0.39 is 11.6 Å². The number of anilines is 1. The van der Waals surface area contributed by atoms with E-state index in [-0.39, 0.29) is 18.8 Å². The van der Waals surface area contributed by atoms with Gasteiger partial charge in [0.15, 0.2) is 0 Å². The lowest BCUT2D eigenvalue weighted by Gasteiger charge is -2.08. The van der Waals surface area contributed by atoms with E-state index in [4.69, 9.17) is 9.52 Å². The lowest BCUT2D eigenvalue weighted by atomic mass is 10.3. The topological polar surface area (TPSA) is 45.4 Å². The maximum absolute atomic E-state index is 13.5. The van der Waals surface area contributed by atoms with Crippen LogP contribution in [0.5, 0.6) is 0 Å². The van der Waals surface area contributed by atoms with Gasteiger partial charge in [-0.2, -0.15) is 0 Å². The third kappa shape index (κ3) is 2.88. The molecular formula is C12H10BrF2NO2. The van der Waals surface area contributed by atoms with Gasteiger partial charge in [-0.1, -0.05) is 0 Å². The first-order chi connectivity index (χ1) is 8.60. The van der Waals surface area contributed by atoms with Gasteiger partial charge in [0.2, 0.25) is 0 Å². The van der Waals surface area contributed by atoms with E-state index in [1.807, 2.05) is 0 Å². The molecule has 2 N–H and O–H groups in total. The Morgan fingerprint density at radius 3 is 2.56 bits per heavy atom. The van der Waals surface area contributed by atoms with Crippen LogP contribution in [0.3, 0.4) is 0 Å². The molecule has 1 aromatic carbocycles. The maximum atomic E-state index is 13.5. The summed E-state index contributed by atoms with van der Waals surface area (Å²) in [6.45, 7) is 0.0513. The summed E-state index contributed by atoms with van der Waals surface area (Å²) in [5.74, 6) is -0.346. The van der Waals surface area contributed by atoms with Gasteiger partial charge in [-0.05, 0) is 34.1 Å². The predicted molar refractivity (Wildman–Crippen MR) is 66.0 cm³/mol. The van der Waals surface area contributed by atoms with Crippen molar-refractivity contribution in [1.82, 2.24) is 0 Å². The number of hydrogen-bond acceptors (Lipinski definition) is 3. The summed E-state index contributed by atoms with van der Waals surface area (Å²) in [6, 6.07) is 5.28. The summed E-state index contributed by atoms with van der Waals surface area (Å²) in [5.41, 5.74) is 0.165. The average molecular weight is 318 g/mol. The molecule has 1 aromatic heterocycles. The van der Waals surface area contributed by atoms with Crippen LogP contribution in [0, 0.1) is 11.6 Å². The molecule has 2 aromatic rings. The normalized spacial score (nSPS) is 10.7. The van der Waals surface area contributed by atoms with E-state index in [0.29, 0.717) is 16.0 Å². The molecule has 0 saturated carbocycles. The van der Waals surface area contributed by atoms with Crippen molar-refractivity contribution in [3.05, 3.63) is 51.9 Å². The Kier molecular flexibility index (Phi) is 3.98. The molecule has 96 valence electrons. The van der Waals surface area contributed by atoms with Crippen LogP contribution in [-0.4, -0.2) is 5.11 Å². The molecule has 18 heavy (non-hydrogen) atoms. The largest absolute Gasteiger partial charge is 0.462 e. The highest BCUT2D eigenvalue weighted by Gasteiger charge is 2.10. The van der Waals surface area contributed by atoms with Gasteiger partial charge in [-0.25, -0.2) is 8.78 Å². The van der Waals surface area contributed by atoms with Crippen molar-refractivity contribution < 1.29 is 18.3 Å². The highest BCUT2D eigenvalue weighted by molar-refractivity contribution is 9.10. The molecule has 0 spiro atoms. The second-order valence-electron chi connectivity index (χ2n) is 3.62. The van der Waals surface area contributed by atoms with Crippen LogP contribution in [0.25, 0.3) is 0 Å². The molecule has 0 atom stereocenters. The Hall–Kier alpha value is -1.40. The van der Waals surface area contributed by atoms with Gasteiger partial charge in [0.25, 0.3) is 0 Å². The van der Waals surface area contributed by atoms with Gasteiger partial charge in [-0.15, -0.1) is 0 Å². The molecule has 0 aliphatic heterocycles. The van der Waals surface area contributed by atoms with Gasteiger partial charge in [0, 0.05) is 10.5 Å². The van der Waals surface area contributed by atoms with Crippen molar-refractivity contribution in [2.75, 3.05) is 5.32 Å². The third-order valence-electron chi connectivity index (χ3n) is 2.32. The summed E-state index contributed by atoms with van der Waals surface area (Å²) >= 11 is 3.08. The smallest absolute Gasteiger partial charge is 0.150 e. The fraction of sp³-hybridized carbons (Fsp3) is 0.167. The summed E-state index contributed by atoms with van der Waals surface area (Å²) < 4.78 is 31.9. The second kappa shape index (κ2) is 5.49. The van der Waals surface area contributed by atoms with Gasteiger partial charge in [-0.3, -0.25) is 0 Å². The van der Waals surface area contributed by atoms with E-state index in [1.165, 1.54) is 6.07 Å². The first kappa shape index (κ1) is 13.0. The van der Waals surface area contributed by atoms with Gasteiger partial charge < -0.3 is 14.8 Å². The average Bonchev–Trinajstić information content (AvgIpc) is 2.75. The SMILES string of the molecule is OCc1ccc(CNc2c(F)cc(F)cc2Br)o1. The van der Waals surface area contributed by atoms with E-state index >= 15 is 0 Å². The number of aliphatic hydroxyl groups is 1. The van der Waals surface area contributed by atoms with Gasteiger partial charge in [0.1, 0.15) is 29.8 Å². The van der Waals surface area contributed by atoms with E-state index in [1.54, 1.807) is 12.1 Å². The number of furan rings is 1. The zero-order chi connectivity index (χ0) is 13.1. The molecule has 1 heterocycles. The quantitative estimate of drug-likeness (QED) is 0.908. The minimum absolute atomic E-state index is 0.165. The third-order valence-corrected chi connectivity index (χ3v) is 2.94. The molecule has 0 aliphatic carbocycles. The summed E-state index contributed by atoms with van der Waals surface area (Å²) in [7, 11) is 0. The molecule has 0 saturated heterocycles. The predicted octanol–water partition coefficient (Wildman–Crippen LogP) is 3.42. The highest BCUT2D eigenvalue weighted by Crippen LogP contribution is 2.27. The summed E-state index contributed by atoms with van der Waals surface area (Å²) in [6.07, 6.45) is 0. The maximum Gasteiger partial charge on any atom is 0.150 e. The summed E-state index contributed by atoms with van der Waals surface area (Å²) in [5, 5.41) is 11.6. The Morgan fingerprint density at radius 1 is 1.22 bits per heavy atom. The molecule has 0 aliphatic rings. The number of nitrogens with one attached hydrogen (secondary N) is 1. The number of benzene rings is 1. The lowest BCUT2D eigenvalue weighted by molar-refractivity contribution is 0.244. The van der Waals surface area contributed by atoms with Crippen LogP contribution in [0.2, 0.25) is 0 Å². The van der Waals surface area contributed by atoms with Gasteiger partial charge >= 0.3 is 0 Å².